The Labute approximate surface area is 94.4 Å². The lowest BCUT2D eigenvalue weighted by molar-refractivity contribution is 0.0548. The van der Waals surface area contributed by atoms with Gasteiger partial charge < -0.3 is 9.84 Å². The fourth-order valence-corrected chi connectivity index (χ4v) is 2.02. The van der Waals surface area contributed by atoms with Crippen LogP contribution in [0.1, 0.15) is 12.0 Å². The monoisotopic (exact) mass is 221 g/mol. The number of carboxylic acid groups (broad SMARTS) is 1. The second-order valence-electron chi connectivity index (χ2n) is 4.02. The quantitative estimate of drug-likeness (QED) is 0.793. The van der Waals surface area contributed by atoms with Crippen LogP contribution in [0, 0.1) is 0 Å². The van der Waals surface area contributed by atoms with Gasteiger partial charge in [0.25, 0.3) is 0 Å². The molecule has 0 bridgehead atoms. The number of benzene rings is 1. The Morgan fingerprint density at radius 2 is 2.19 bits per heavy atom. The molecule has 2 rings (SSSR count). The third-order valence-corrected chi connectivity index (χ3v) is 2.75. The summed E-state index contributed by atoms with van der Waals surface area (Å²) in [6.45, 7) is 2.45. The molecule has 1 aromatic rings. The minimum Gasteiger partial charge on any atom is -0.450 e. The van der Waals surface area contributed by atoms with E-state index in [1.807, 2.05) is 18.2 Å². The Kier molecular flexibility index (Phi) is 3.41. The van der Waals surface area contributed by atoms with Crippen LogP contribution >= 0.6 is 0 Å². The summed E-state index contributed by atoms with van der Waals surface area (Å²) >= 11 is 0. The average Bonchev–Trinajstić information content (AvgIpc) is 2.66. The molecule has 1 atom stereocenters. The van der Waals surface area contributed by atoms with Crippen molar-refractivity contribution in [2.45, 2.75) is 19.1 Å². The van der Waals surface area contributed by atoms with Gasteiger partial charge in [0, 0.05) is 19.6 Å². The maximum atomic E-state index is 10.4. The van der Waals surface area contributed by atoms with Crippen molar-refractivity contribution in [3.05, 3.63) is 35.9 Å². The molecule has 0 aliphatic carbocycles. The second-order valence-corrected chi connectivity index (χ2v) is 4.02. The topological polar surface area (TPSA) is 49.8 Å². The van der Waals surface area contributed by atoms with Gasteiger partial charge in [-0.2, -0.15) is 0 Å². The van der Waals surface area contributed by atoms with E-state index < -0.39 is 6.16 Å². The minimum absolute atomic E-state index is 0.166. The average molecular weight is 221 g/mol. The lowest BCUT2D eigenvalue weighted by Gasteiger charge is -2.15. The van der Waals surface area contributed by atoms with E-state index >= 15 is 0 Å². The molecule has 1 aliphatic heterocycles. The number of nitrogens with zero attached hydrogens (tertiary/aromatic N) is 1. The lowest BCUT2D eigenvalue weighted by Crippen LogP contribution is -2.24. The molecular weight excluding hydrogens is 206 g/mol. The first-order valence-electron chi connectivity index (χ1n) is 5.40. The molecule has 1 N–H and O–H groups in total. The van der Waals surface area contributed by atoms with E-state index in [0.29, 0.717) is 6.54 Å². The summed E-state index contributed by atoms with van der Waals surface area (Å²) in [5, 5.41) is 8.51. The smallest absolute Gasteiger partial charge is 0.450 e. The Balaban J connectivity index is 1.83. The molecule has 1 saturated heterocycles. The number of carbonyl (C=O) groups is 1. The summed E-state index contributed by atoms with van der Waals surface area (Å²) in [6, 6.07) is 10.2. The van der Waals surface area contributed by atoms with Gasteiger partial charge >= 0.3 is 6.16 Å². The van der Waals surface area contributed by atoms with Gasteiger partial charge in [-0.3, -0.25) is 4.90 Å². The molecule has 0 saturated carbocycles. The molecule has 1 fully saturated rings. The van der Waals surface area contributed by atoms with Gasteiger partial charge in [-0.25, -0.2) is 4.79 Å². The molecule has 1 aliphatic rings. The van der Waals surface area contributed by atoms with Crippen molar-refractivity contribution in [2.75, 3.05) is 13.1 Å². The van der Waals surface area contributed by atoms with E-state index in [1.54, 1.807) is 0 Å². The third-order valence-electron chi connectivity index (χ3n) is 2.75. The molecule has 4 heteroatoms. The molecule has 0 aromatic heterocycles. The molecule has 1 heterocycles. The molecule has 1 unspecified atom stereocenters. The minimum atomic E-state index is -1.17. The first-order valence-corrected chi connectivity index (χ1v) is 5.40. The fourth-order valence-electron chi connectivity index (χ4n) is 2.02. The number of likely N-dealkylation sites (tertiary alicyclic amines) is 1. The van der Waals surface area contributed by atoms with Crippen LogP contribution in [-0.2, 0) is 11.3 Å². The number of hydrogen-bond acceptors (Lipinski definition) is 3. The van der Waals surface area contributed by atoms with Gasteiger partial charge in [0.1, 0.15) is 6.10 Å². The molecule has 0 amide bonds. The van der Waals surface area contributed by atoms with Crippen molar-refractivity contribution in [3.8, 4) is 0 Å². The highest BCUT2D eigenvalue weighted by molar-refractivity contribution is 5.57. The molecule has 0 radical (unpaired) electrons. The maximum absolute atomic E-state index is 10.4. The molecular formula is C12H15NO3. The van der Waals surface area contributed by atoms with E-state index in [1.165, 1.54) is 5.56 Å². The summed E-state index contributed by atoms with van der Waals surface area (Å²) in [5.74, 6) is 0. The van der Waals surface area contributed by atoms with E-state index in [-0.39, 0.29) is 6.10 Å². The van der Waals surface area contributed by atoms with Crippen molar-refractivity contribution in [1.82, 2.24) is 4.90 Å². The normalized spacial score (nSPS) is 20.9. The second kappa shape index (κ2) is 4.99. The van der Waals surface area contributed by atoms with Crippen LogP contribution in [-0.4, -0.2) is 35.4 Å². The van der Waals surface area contributed by atoms with Crippen molar-refractivity contribution in [3.63, 3.8) is 0 Å². The Morgan fingerprint density at radius 3 is 2.88 bits per heavy atom. The SMILES string of the molecule is O=C(O)OC1CCN(Cc2ccccc2)C1. The summed E-state index contributed by atoms with van der Waals surface area (Å²) in [6.07, 6.45) is -0.549. The van der Waals surface area contributed by atoms with Crippen LogP contribution < -0.4 is 0 Å². The molecule has 16 heavy (non-hydrogen) atoms. The zero-order valence-electron chi connectivity index (χ0n) is 9.00. The summed E-state index contributed by atoms with van der Waals surface area (Å²) < 4.78 is 4.75. The molecule has 1 aromatic carbocycles. The van der Waals surface area contributed by atoms with Gasteiger partial charge in [0.05, 0.1) is 0 Å². The zero-order valence-corrected chi connectivity index (χ0v) is 9.00. The van der Waals surface area contributed by atoms with Crippen molar-refractivity contribution in [2.24, 2.45) is 0 Å². The molecule has 0 spiro atoms. The van der Waals surface area contributed by atoms with Gasteiger partial charge in [-0.05, 0) is 12.0 Å². The highest BCUT2D eigenvalue weighted by Crippen LogP contribution is 2.15. The van der Waals surface area contributed by atoms with Crippen molar-refractivity contribution >= 4 is 6.16 Å². The van der Waals surface area contributed by atoms with Gasteiger partial charge in [-0.15, -0.1) is 0 Å². The van der Waals surface area contributed by atoms with Crippen LogP contribution in [0.2, 0.25) is 0 Å². The van der Waals surface area contributed by atoms with Crippen molar-refractivity contribution < 1.29 is 14.6 Å². The van der Waals surface area contributed by atoms with Crippen LogP contribution in [0.15, 0.2) is 30.3 Å². The lowest BCUT2D eigenvalue weighted by atomic mass is 10.2. The highest BCUT2D eigenvalue weighted by Gasteiger charge is 2.25. The van der Waals surface area contributed by atoms with E-state index in [0.717, 1.165) is 19.5 Å². The molecule has 4 nitrogen and oxygen atoms in total. The first-order chi connectivity index (χ1) is 7.74. The Bertz CT molecular complexity index is 353. The Hall–Kier alpha value is -1.55. The highest BCUT2D eigenvalue weighted by atomic mass is 16.7. The van der Waals surface area contributed by atoms with Crippen LogP contribution in [0.4, 0.5) is 4.79 Å². The third kappa shape index (κ3) is 2.97. The Morgan fingerprint density at radius 1 is 1.44 bits per heavy atom. The fraction of sp³-hybridized carbons (Fsp3) is 0.417. The van der Waals surface area contributed by atoms with Gasteiger partial charge in [0.15, 0.2) is 0 Å². The zero-order chi connectivity index (χ0) is 11.4. The van der Waals surface area contributed by atoms with Gasteiger partial charge in [-0.1, -0.05) is 30.3 Å². The standard InChI is InChI=1S/C12H15NO3/c14-12(15)16-11-6-7-13(9-11)8-10-4-2-1-3-5-10/h1-5,11H,6-9H2,(H,14,15). The van der Waals surface area contributed by atoms with E-state index in [4.69, 9.17) is 9.84 Å². The first kappa shape index (κ1) is 11.0. The number of ether oxygens (including phenoxy) is 1. The summed E-state index contributed by atoms with van der Waals surface area (Å²) in [7, 11) is 0. The predicted molar refractivity (Wildman–Crippen MR) is 59.2 cm³/mol. The molecule has 86 valence electrons. The summed E-state index contributed by atoms with van der Waals surface area (Å²) in [4.78, 5) is 12.6. The van der Waals surface area contributed by atoms with Crippen LogP contribution in [0.5, 0.6) is 0 Å². The largest absolute Gasteiger partial charge is 0.506 e. The van der Waals surface area contributed by atoms with E-state index in [9.17, 15) is 4.79 Å². The summed E-state index contributed by atoms with van der Waals surface area (Å²) in [5.41, 5.74) is 1.25. The van der Waals surface area contributed by atoms with E-state index in [2.05, 4.69) is 17.0 Å². The van der Waals surface area contributed by atoms with Crippen molar-refractivity contribution in [1.29, 1.82) is 0 Å². The van der Waals surface area contributed by atoms with Crippen LogP contribution in [0.3, 0.4) is 0 Å². The maximum Gasteiger partial charge on any atom is 0.506 e. The number of rotatable bonds is 3. The van der Waals surface area contributed by atoms with Gasteiger partial charge in [0.2, 0.25) is 0 Å². The predicted octanol–water partition coefficient (Wildman–Crippen LogP) is 1.96. The van der Waals surface area contributed by atoms with Crippen LogP contribution in [0.25, 0.3) is 0 Å². The number of hydrogen-bond donors (Lipinski definition) is 1.